The van der Waals surface area contributed by atoms with E-state index >= 15 is 0 Å². The van der Waals surface area contributed by atoms with Crippen LogP contribution < -0.4 is 15.5 Å². The number of nitrogens with zero attached hydrogens (tertiary/aromatic N) is 3. The monoisotopic (exact) mass is 409 g/mol. The number of carbonyl (C=O) groups is 1. The number of hydrogen-bond acceptors (Lipinski definition) is 6. The Morgan fingerprint density at radius 1 is 1.21 bits per heavy atom. The van der Waals surface area contributed by atoms with Crippen LogP contribution in [0.25, 0.3) is 0 Å². The number of para-hydroxylation sites is 2. The molecule has 0 unspecified atom stereocenters. The summed E-state index contributed by atoms with van der Waals surface area (Å²) in [5.41, 5.74) is 6.30. The SMILES string of the molecule is CCc1nnc2n1N[C@H](c1ccc(C)cc1)[C@@H](C(=O)Nc1ccccc1OC)S2. The number of aryl methyl sites for hydroxylation is 2. The van der Waals surface area contributed by atoms with E-state index in [0.29, 0.717) is 16.6 Å². The third kappa shape index (κ3) is 3.80. The molecule has 3 aromatic rings. The van der Waals surface area contributed by atoms with E-state index in [-0.39, 0.29) is 11.9 Å². The maximum Gasteiger partial charge on any atom is 0.240 e. The number of methoxy groups -OCH3 is 1. The van der Waals surface area contributed by atoms with Crippen LogP contribution in [0.2, 0.25) is 0 Å². The molecular weight excluding hydrogens is 386 g/mol. The average molecular weight is 410 g/mol. The Labute approximate surface area is 173 Å². The van der Waals surface area contributed by atoms with Gasteiger partial charge < -0.3 is 15.5 Å². The summed E-state index contributed by atoms with van der Waals surface area (Å²) in [7, 11) is 1.59. The minimum absolute atomic E-state index is 0.120. The highest BCUT2D eigenvalue weighted by atomic mass is 32.2. The van der Waals surface area contributed by atoms with E-state index in [1.54, 1.807) is 7.11 Å². The lowest BCUT2D eigenvalue weighted by Crippen LogP contribution is -2.41. The summed E-state index contributed by atoms with van der Waals surface area (Å²) in [6.07, 6.45) is 0.749. The lowest BCUT2D eigenvalue weighted by atomic mass is 10.0. The summed E-state index contributed by atoms with van der Waals surface area (Å²) < 4.78 is 7.26. The van der Waals surface area contributed by atoms with Crippen molar-refractivity contribution < 1.29 is 9.53 Å². The van der Waals surface area contributed by atoms with Crippen molar-refractivity contribution in [2.24, 2.45) is 0 Å². The highest BCUT2D eigenvalue weighted by Gasteiger charge is 2.37. The van der Waals surface area contributed by atoms with Gasteiger partial charge in [0.05, 0.1) is 18.8 Å². The van der Waals surface area contributed by atoms with Crippen LogP contribution in [0.3, 0.4) is 0 Å². The maximum absolute atomic E-state index is 13.3. The summed E-state index contributed by atoms with van der Waals surface area (Å²) in [4.78, 5) is 13.3. The standard InChI is InChI=1S/C21H23N5O2S/c1-4-17-23-24-21-26(17)25-18(14-11-9-13(2)10-12-14)19(29-21)20(27)22-15-7-5-6-8-16(15)28-3/h5-12,18-19,25H,4H2,1-3H3,(H,22,27)/t18-,19+/m1/s1. The number of nitrogens with one attached hydrogen (secondary N) is 2. The van der Waals surface area contributed by atoms with Gasteiger partial charge in [-0.3, -0.25) is 4.79 Å². The first-order chi connectivity index (χ1) is 14.1. The summed E-state index contributed by atoms with van der Waals surface area (Å²) in [6, 6.07) is 15.4. The van der Waals surface area contributed by atoms with Crippen LogP contribution in [0.5, 0.6) is 5.75 Å². The number of rotatable bonds is 5. The van der Waals surface area contributed by atoms with Crippen molar-refractivity contribution in [1.82, 2.24) is 14.9 Å². The van der Waals surface area contributed by atoms with Crippen LogP contribution in [-0.2, 0) is 11.2 Å². The van der Waals surface area contributed by atoms with Crippen LogP contribution in [0.15, 0.2) is 53.7 Å². The fourth-order valence-corrected chi connectivity index (χ4v) is 4.40. The number of thioether (sulfide) groups is 1. The molecule has 2 heterocycles. The fraction of sp³-hybridized carbons (Fsp3) is 0.286. The Balaban J connectivity index is 1.68. The molecule has 4 rings (SSSR count). The first-order valence-electron chi connectivity index (χ1n) is 9.48. The van der Waals surface area contributed by atoms with E-state index in [0.717, 1.165) is 17.8 Å². The lowest BCUT2D eigenvalue weighted by molar-refractivity contribution is -0.116. The number of anilines is 1. The number of hydrogen-bond donors (Lipinski definition) is 2. The van der Waals surface area contributed by atoms with Gasteiger partial charge >= 0.3 is 0 Å². The van der Waals surface area contributed by atoms with Crippen LogP contribution >= 0.6 is 11.8 Å². The van der Waals surface area contributed by atoms with Gasteiger partial charge in [-0.05, 0) is 24.6 Å². The molecule has 7 nitrogen and oxygen atoms in total. The van der Waals surface area contributed by atoms with Gasteiger partial charge in [-0.1, -0.05) is 60.6 Å². The van der Waals surface area contributed by atoms with Crippen molar-refractivity contribution in [2.45, 2.75) is 36.7 Å². The molecule has 0 saturated heterocycles. The lowest BCUT2D eigenvalue weighted by Gasteiger charge is -2.33. The van der Waals surface area contributed by atoms with Crippen molar-refractivity contribution in [3.05, 3.63) is 65.5 Å². The largest absolute Gasteiger partial charge is 0.495 e. The molecule has 0 spiro atoms. The fourth-order valence-electron chi connectivity index (χ4n) is 3.30. The number of benzene rings is 2. The Morgan fingerprint density at radius 2 is 1.97 bits per heavy atom. The molecule has 1 aromatic heterocycles. The molecule has 2 N–H and O–H groups in total. The number of aromatic nitrogens is 3. The van der Waals surface area contributed by atoms with Gasteiger partial charge in [-0.2, -0.15) is 0 Å². The summed E-state index contributed by atoms with van der Waals surface area (Å²) in [5.74, 6) is 1.34. The van der Waals surface area contributed by atoms with Gasteiger partial charge in [0.25, 0.3) is 0 Å². The Hall–Kier alpha value is -3.00. The number of fused-ring (bicyclic) bond motifs is 1. The topological polar surface area (TPSA) is 81.1 Å². The second kappa shape index (κ2) is 8.16. The van der Waals surface area contributed by atoms with Crippen LogP contribution in [0, 0.1) is 6.92 Å². The first kappa shape index (κ1) is 19.3. The van der Waals surface area contributed by atoms with Crippen molar-refractivity contribution in [1.29, 1.82) is 0 Å². The van der Waals surface area contributed by atoms with E-state index in [1.165, 1.54) is 17.3 Å². The number of ether oxygens (including phenoxy) is 1. The molecular formula is C21H23N5O2S. The number of amides is 1. The van der Waals surface area contributed by atoms with E-state index in [4.69, 9.17) is 4.74 Å². The molecule has 0 bridgehead atoms. The van der Waals surface area contributed by atoms with E-state index in [1.807, 2.05) is 42.8 Å². The maximum atomic E-state index is 13.3. The van der Waals surface area contributed by atoms with Gasteiger partial charge in [-0.15, -0.1) is 10.2 Å². The minimum atomic E-state index is -0.427. The van der Waals surface area contributed by atoms with Gasteiger partial charge in [0.1, 0.15) is 11.0 Å². The molecule has 2 aromatic carbocycles. The third-order valence-corrected chi connectivity index (χ3v) is 6.09. The van der Waals surface area contributed by atoms with E-state index in [9.17, 15) is 4.79 Å². The van der Waals surface area contributed by atoms with Gasteiger partial charge in [0, 0.05) is 6.42 Å². The molecule has 8 heteroatoms. The predicted molar refractivity (Wildman–Crippen MR) is 114 cm³/mol. The quantitative estimate of drug-likeness (QED) is 0.671. The number of carbonyl (C=O) groups excluding carboxylic acids is 1. The zero-order valence-corrected chi connectivity index (χ0v) is 17.4. The normalized spacial score (nSPS) is 17.9. The van der Waals surface area contributed by atoms with Crippen LogP contribution in [-0.4, -0.2) is 33.1 Å². The second-order valence-electron chi connectivity index (χ2n) is 6.83. The van der Waals surface area contributed by atoms with Crippen molar-refractivity contribution in [2.75, 3.05) is 17.9 Å². The minimum Gasteiger partial charge on any atom is -0.495 e. The van der Waals surface area contributed by atoms with E-state index < -0.39 is 5.25 Å². The Bertz CT molecular complexity index is 1020. The summed E-state index contributed by atoms with van der Waals surface area (Å²) >= 11 is 1.42. The van der Waals surface area contributed by atoms with Crippen molar-refractivity contribution >= 4 is 23.4 Å². The molecule has 150 valence electrons. The molecule has 0 fully saturated rings. The highest BCUT2D eigenvalue weighted by Crippen LogP contribution is 2.38. The second-order valence-corrected chi connectivity index (χ2v) is 7.94. The molecule has 0 saturated carbocycles. The Morgan fingerprint density at radius 3 is 2.69 bits per heavy atom. The predicted octanol–water partition coefficient (Wildman–Crippen LogP) is 3.56. The van der Waals surface area contributed by atoms with Gasteiger partial charge in [-0.25, -0.2) is 4.68 Å². The van der Waals surface area contributed by atoms with Crippen molar-refractivity contribution in [3.8, 4) is 5.75 Å². The van der Waals surface area contributed by atoms with Crippen LogP contribution in [0.4, 0.5) is 5.69 Å². The molecule has 29 heavy (non-hydrogen) atoms. The summed E-state index contributed by atoms with van der Waals surface area (Å²) in [5, 5.41) is 11.8. The van der Waals surface area contributed by atoms with Crippen molar-refractivity contribution in [3.63, 3.8) is 0 Å². The van der Waals surface area contributed by atoms with E-state index in [2.05, 4.69) is 45.2 Å². The van der Waals surface area contributed by atoms with Gasteiger partial charge in [0.2, 0.25) is 11.1 Å². The molecule has 1 amide bonds. The third-order valence-electron chi connectivity index (χ3n) is 4.88. The molecule has 2 atom stereocenters. The average Bonchev–Trinajstić information content (AvgIpc) is 3.16. The summed E-state index contributed by atoms with van der Waals surface area (Å²) in [6.45, 7) is 4.08. The molecule has 1 aliphatic rings. The zero-order valence-electron chi connectivity index (χ0n) is 16.5. The first-order valence-corrected chi connectivity index (χ1v) is 10.4. The zero-order chi connectivity index (χ0) is 20.4. The van der Waals surface area contributed by atoms with Crippen LogP contribution in [0.1, 0.15) is 29.9 Å². The van der Waals surface area contributed by atoms with Gasteiger partial charge in [0.15, 0.2) is 5.82 Å². The molecule has 0 radical (unpaired) electrons. The molecule has 0 aliphatic carbocycles. The Kier molecular flexibility index (Phi) is 5.44. The highest BCUT2D eigenvalue weighted by molar-refractivity contribution is 8.00. The smallest absolute Gasteiger partial charge is 0.240 e. The molecule has 1 aliphatic heterocycles.